The number of amides is 1. The third-order valence-electron chi connectivity index (χ3n) is 5.44. The van der Waals surface area contributed by atoms with E-state index in [4.69, 9.17) is 9.72 Å². The summed E-state index contributed by atoms with van der Waals surface area (Å²) in [5.41, 5.74) is 6.03. The number of methoxy groups -OCH3 is 1. The molecule has 1 aliphatic heterocycles. The lowest BCUT2D eigenvalue weighted by Crippen LogP contribution is -2.03. The number of benzene rings is 2. The fourth-order valence-corrected chi connectivity index (χ4v) is 3.97. The molecule has 0 spiro atoms. The lowest BCUT2D eigenvalue weighted by Gasteiger charge is -2.01. The zero-order valence-electron chi connectivity index (χ0n) is 16.7. The van der Waals surface area contributed by atoms with Gasteiger partial charge in [0.05, 0.1) is 35.1 Å². The Morgan fingerprint density at radius 2 is 1.93 bits per heavy atom. The summed E-state index contributed by atoms with van der Waals surface area (Å²) in [6, 6.07) is 16.2. The average Bonchev–Trinajstić information content (AvgIpc) is 3.46. The van der Waals surface area contributed by atoms with Crippen molar-refractivity contribution in [3.8, 4) is 5.75 Å². The van der Waals surface area contributed by atoms with Gasteiger partial charge >= 0.3 is 0 Å². The summed E-state index contributed by atoms with van der Waals surface area (Å²) in [5, 5.41) is 2.95. The van der Waals surface area contributed by atoms with E-state index in [0.29, 0.717) is 11.3 Å². The number of anilines is 1. The normalized spacial score (nSPS) is 14.3. The molecule has 3 N–H and O–H groups in total. The van der Waals surface area contributed by atoms with Crippen molar-refractivity contribution in [3.05, 3.63) is 77.4 Å². The predicted molar refractivity (Wildman–Crippen MR) is 118 cm³/mol. The Morgan fingerprint density at radius 3 is 2.77 bits per heavy atom. The molecule has 5 rings (SSSR count). The number of carbonyl (C=O) groups is 1. The van der Waals surface area contributed by atoms with E-state index in [1.54, 1.807) is 13.3 Å². The van der Waals surface area contributed by atoms with E-state index in [2.05, 4.69) is 39.6 Å². The number of carbonyl (C=O) groups excluding carboxylic acids is 1. The summed E-state index contributed by atoms with van der Waals surface area (Å²) in [4.78, 5) is 24.0. The Bertz CT molecular complexity index is 1250. The van der Waals surface area contributed by atoms with Crippen molar-refractivity contribution >= 4 is 34.3 Å². The molecular weight excluding hydrogens is 376 g/mol. The van der Waals surface area contributed by atoms with Gasteiger partial charge in [-0.15, -0.1) is 0 Å². The zero-order chi connectivity index (χ0) is 20.5. The predicted octanol–water partition coefficient (Wildman–Crippen LogP) is 4.57. The molecule has 0 saturated carbocycles. The minimum atomic E-state index is -0.136. The van der Waals surface area contributed by atoms with Crippen LogP contribution in [0.4, 0.5) is 5.69 Å². The van der Waals surface area contributed by atoms with Crippen molar-refractivity contribution in [2.24, 2.45) is 0 Å². The van der Waals surface area contributed by atoms with E-state index < -0.39 is 0 Å². The first-order valence-corrected chi connectivity index (χ1v) is 10.0. The van der Waals surface area contributed by atoms with Crippen LogP contribution in [-0.2, 0) is 17.6 Å². The van der Waals surface area contributed by atoms with Crippen molar-refractivity contribution in [2.45, 2.75) is 19.3 Å². The van der Waals surface area contributed by atoms with Crippen LogP contribution in [0.5, 0.6) is 5.75 Å². The van der Waals surface area contributed by atoms with Crippen molar-refractivity contribution < 1.29 is 9.53 Å². The van der Waals surface area contributed by atoms with Crippen LogP contribution < -0.4 is 10.1 Å². The Labute approximate surface area is 174 Å². The van der Waals surface area contributed by atoms with Crippen LogP contribution in [0.2, 0.25) is 0 Å². The molecule has 2 aromatic carbocycles. The highest BCUT2D eigenvalue weighted by atomic mass is 16.5. The molecular formula is C24H22N4O2. The summed E-state index contributed by atoms with van der Waals surface area (Å²) in [5.74, 6) is 1.49. The monoisotopic (exact) mass is 398 g/mol. The van der Waals surface area contributed by atoms with Crippen molar-refractivity contribution in [1.29, 1.82) is 0 Å². The third-order valence-corrected chi connectivity index (χ3v) is 5.44. The van der Waals surface area contributed by atoms with Gasteiger partial charge < -0.3 is 20.0 Å². The largest absolute Gasteiger partial charge is 0.495 e. The van der Waals surface area contributed by atoms with Crippen LogP contribution in [0.25, 0.3) is 22.7 Å². The Hall–Kier alpha value is -3.80. The zero-order valence-corrected chi connectivity index (χ0v) is 16.7. The number of imidazole rings is 1. The van der Waals surface area contributed by atoms with Crippen molar-refractivity contribution in [1.82, 2.24) is 15.0 Å². The van der Waals surface area contributed by atoms with Gasteiger partial charge in [-0.05, 0) is 42.7 Å². The maximum atomic E-state index is 12.7. The minimum Gasteiger partial charge on any atom is -0.495 e. The Balaban J connectivity index is 1.46. The smallest absolute Gasteiger partial charge is 0.256 e. The van der Waals surface area contributed by atoms with Gasteiger partial charge in [0.2, 0.25) is 0 Å². The highest BCUT2D eigenvalue weighted by molar-refractivity contribution is 6.37. The molecule has 0 atom stereocenters. The third kappa shape index (κ3) is 3.26. The van der Waals surface area contributed by atoms with Gasteiger partial charge in [-0.3, -0.25) is 4.79 Å². The number of nitrogens with one attached hydrogen (secondary N) is 3. The number of ether oxygens (including phenoxy) is 1. The summed E-state index contributed by atoms with van der Waals surface area (Å²) in [7, 11) is 1.61. The topological polar surface area (TPSA) is 82.8 Å². The van der Waals surface area contributed by atoms with Gasteiger partial charge in [0.1, 0.15) is 11.6 Å². The van der Waals surface area contributed by atoms with E-state index in [1.807, 2.05) is 30.3 Å². The molecule has 0 bridgehead atoms. The number of aromatic nitrogens is 3. The molecule has 150 valence electrons. The highest BCUT2D eigenvalue weighted by Crippen LogP contribution is 2.38. The minimum absolute atomic E-state index is 0.136. The summed E-state index contributed by atoms with van der Waals surface area (Å²) >= 11 is 0. The van der Waals surface area contributed by atoms with Crippen LogP contribution in [-0.4, -0.2) is 28.0 Å². The van der Waals surface area contributed by atoms with Crippen LogP contribution in [0, 0.1) is 0 Å². The summed E-state index contributed by atoms with van der Waals surface area (Å²) < 4.78 is 5.36. The van der Waals surface area contributed by atoms with Crippen LogP contribution in [0.1, 0.15) is 29.1 Å². The molecule has 30 heavy (non-hydrogen) atoms. The second-order valence-electron chi connectivity index (χ2n) is 7.38. The SMILES string of the molecule is COc1cc[nH]c1/C=C1/C(=O)Nc2ccc3[nH]c(CCCc4ccccc4)nc3c21. The van der Waals surface area contributed by atoms with Gasteiger partial charge in [-0.2, -0.15) is 0 Å². The van der Waals surface area contributed by atoms with Crippen LogP contribution in [0.15, 0.2) is 54.7 Å². The van der Waals surface area contributed by atoms with Gasteiger partial charge in [0, 0.05) is 18.2 Å². The molecule has 2 aromatic heterocycles. The molecule has 4 aromatic rings. The van der Waals surface area contributed by atoms with Gasteiger partial charge in [0.25, 0.3) is 5.91 Å². The van der Waals surface area contributed by atoms with E-state index in [-0.39, 0.29) is 5.91 Å². The second kappa shape index (κ2) is 7.55. The first-order chi connectivity index (χ1) is 14.7. The first-order valence-electron chi connectivity index (χ1n) is 10.0. The second-order valence-corrected chi connectivity index (χ2v) is 7.38. The number of H-pyrrole nitrogens is 2. The van der Waals surface area contributed by atoms with E-state index in [9.17, 15) is 4.79 Å². The Morgan fingerprint density at radius 1 is 1.07 bits per heavy atom. The molecule has 0 aliphatic carbocycles. The quantitative estimate of drug-likeness (QED) is 0.416. The van der Waals surface area contributed by atoms with Gasteiger partial charge in [-0.1, -0.05) is 30.3 Å². The van der Waals surface area contributed by atoms with Gasteiger partial charge in [0.15, 0.2) is 0 Å². The lowest BCUT2D eigenvalue weighted by atomic mass is 10.0. The summed E-state index contributed by atoms with van der Waals surface area (Å²) in [6.45, 7) is 0. The van der Waals surface area contributed by atoms with E-state index >= 15 is 0 Å². The van der Waals surface area contributed by atoms with Crippen molar-refractivity contribution in [2.75, 3.05) is 12.4 Å². The molecule has 0 radical (unpaired) electrons. The number of aromatic amines is 2. The number of aryl methyl sites for hydroxylation is 2. The van der Waals surface area contributed by atoms with Crippen LogP contribution in [0.3, 0.4) is 0 Å². The number of hydrogen-bond acceptors (Lipinski definition) is 3. The first kappa shape index (κ1) is 18.2. The molecule has 3 heterocycles. The molecule has 6 heteroatoms. The molecule has 1 amide bonds. The fourth-order valence-electron chi connectivity index (χ4n) is 3.97. The van der Waals surface area contributed by atoms with E-state index in [1.165, 1.54) is 5.56 Å². The van der Waals surface area contributed by atoms with Crippen LogP contribution >= 0.6 is 0 Å². The fraction of sp³-hybridized carbons (Fsp3) is 0.167. The number of nitrogens with zero attached hydrogens (tertiary/aromatic N) is 1. The van der Waals surface area contributed by atoms with Gasteiger partial charge in [-0.25, -0.2) is 4.98 Å². The molecule has 0 unspecified atom stereocenters. The molecule has 6 nitrogen and oxygen atoms in total. The number of rotatable bonds is 6. The highest BCUT2D eigenvalue weighted by Gasteiger charge is 2.28. The summed E-state index contributed by atoms with van der Waals surface area (Å²) in [6.07, 6.45) is 6.48. The standard InChI is InChI=1S/C24H22N4O2/c1-30-20-12-13-25-19(20)14-16-22-17(27-24(16)29)10-11-18-23(22)28-21(26-18)9-5-8-15-6-3-2-4-7-15/h2-4,6-7,10-14,25H,5,8-9H2,1H3,(H,26,28)(H,27,29)/b16-14+. The molecule has 1 aliphatic rings. The van der Waals surface area contributed by atoms with Crippen molar-refractivity contribution in [3.63, 3.8) is 0 Å². The molecule has 0 fully saturated rings. The number of hydrogen-bond donors (Lipinski definition) is 3. The maximum Gasteiger partial charge on any atom is 0.256 e. The number of fused-ring (bicyclic) bond motifs is 3. The molecule has 0 saturated heterocycles. The average molecular weight is 398 g/mol. The van der Waals surface area contributed by atoms with E-state index in [0.717, 1.165) is 53.1 Å². The Kier molecular flexibility index (Phi) is 4.59. The maximum absolute atomic E-state index is 12.7. The lowest BCUT2D eigenvalue weighted by molar-refractivity contribution is -0.110.